The molecule has 0 amide bonds. The van der Waals surface area contributed by atoms with Crippen LogP contribution in [0.5, 0.6) is 0 Å². The van der Waals surface area contributed by atoms with Gasteiger partial charge in [-0.05, 0) is 24.2 Å². The average Bonchev–Trinajstić information content (AvgIpc) is 2.39. The van der Waals surface area contributed by atoms with Crippen LogP contribution in [0.2, 0.25) is 0 Å². The molecule has 0 fully saturated rings. The van der Waals surface area contributed by atoms with Crippen molar-refractivity contribution in [3.63, 3.8) is 0 Å². The van der Waals surface area contributed by atoms with E-state index in [4.69, 9.17) is 4.74 Å². The zero-order valence-corrected chi connectivity index (χ0v) is 13.3. The predicted molar refractivity (Wildman–Crippen MR) is 81.1 cm³/mol. The smallest absolute Gasteiger partial charge is 0.0587 e. The first-order chi connectivity index (χ1) is 8.61. The van der Waals surface area contributed by atoms with Gasteiger partial charge in [0.05, 0.1) is 6.61 Å². The maximum absolute atomic E-state index is 5.08. The molecule has 18 heavy (non-hydrogen) atoms. The minimum atomic E-state index is 0.447. The molecule has 0 spiro atoms. The summed E-state index contributed by atoms with van der Waals surface area (Å²) in [6, 6.07) is 0. The number of nitrogens with one attached hydrogen (secondary N) is 1. The minimum Gasteiger partial charge on any atom is -0.383 e. The monoisotopic (exact) mass is 257 g/mol. The fourth-order valence-corrected chi connectivity index (χ4v) is 2.55. The second-order valence-corrected chi connectivity index (χ2v) is 5.95. The molecule has 0 aliphatic heterocycles. The van der Waals surface area contributed by atoms with Crippen molar-refractivity contribution in [3.05, 3.63) is 0 Å². The van der Waals surface area contributed by atoms with Gasteiger partial charge in [-0.3, -0.25) is 0 Å². The van der Waals surface area contributed by atoms with E-state index in [1.54, 1.807) is 7.11 Å². The molecule has 0 bridgehead atoms. The molecule has 0 aliphatic rings. The van der Waals surface area contributed by atoms with E-state index in [0.717, 1.165) is 25.6 Å². The van der Waals surface area contributed by atoms with Crippen LogP contribution in [0.15, 0.2) is 0 Å². The topological polar surface area (TPSA) is 21.3 Å². The molecule has 0 heterocycles. The van der Waals surface area contributed by atoms with Crippen molar-refractivity contribution in [2.75, 3.05) is 26.8 Å². The summed E-state index contributed by atoms with van der Waals surface area (Å²) in [7, 11) is 1.76. The Hall–Kier alpha value is -0.0800. The fourth-order valence-electron chi connectivity index (χ4n) is 2.55. The summed E-state index contributed by atoms with van der Waals surface area (Å²) < 4.78 is 5.08. The summed E-state index contributed by atoms with van der Waals surface area (Å²) in [5.74, 6) is 0.902. The van der Waals surface area contributed by atoms with E-state index in [9.17, 15) is 0 Å². The van der Waals surface area contributed by atoms with Gasteiger partial charge in [0.1, 0.15) is 0 Å². The normalized spacial score (nSPS) is 16.5. The lowest BCUT2D eigenvalue weighted by Crippen LogP contribution is -2.34. The van der Waals surface area contributed by atoms with E-state index in [1.807, 2.05) is 0 Å². The Labute approximate surface area is 115 Å². The van der Waals surface area contributed by atoms with E-state index in [0.29, 0.717) is 5.41 Å². The van der Waals surface area contributed by atoms with E-state index in [1.165, 1.54) is 38.5 Å². The second kappa shape index (κ2) is 10.8. The molecule has 0 radical (unpaired) electrons. The summed E-state index contributed by atoms with van der Waals surface area (Å²) in [5, 5.41) is 3.54. The molecule has 0 saturated heterocycles. The molecule has 2 atom stereocenters. The van der Waals surface area contributed by atoms with Crippen LogP contribution >= 0.6 is 0 Å². The molecule has 110 valence electrons. The standard InChI is InChI=1S/C16H35NO/c1-6-9-10-15(7-2)13-16(4,8-3)14-17-11-12-18-5/h15,17H,6-14H2,1-5H3. The van der Waals surface area contributed by atoms with Gasteiger partial charge in [-0.15, -0.1) is 0 Å². The predicted octanol–water partition coefficient (Wildman–Crippen LogP) is 4.25. The molecule has 0 saturated carbocycles. The molecule has 2 nitrogen and oxygen atoms in total. The van der Waals surface area contributed by atoms with Crippen molar-refractivity contribution >= 4 is 0 Å². The number of hydrogen-bond acceptors (Lipinski definition) is 2. The Morgan fingerprint density at radius 1 is 1.22 bits per heavy atom. The van der Waals surface area contributed by atoms with Gasteiger partial charge in [0.25, 0.3) is 0 Å². The van der Waals surface area contributed by atoms with Gasteiger partial charge in [-0.1, -0.05) is 53.4 Å². The van der Waals surface area contributed by atoms with Crippen molar-refractivity contribution in [1.29, 1.82) is 0 Å². The van der Waals surface area contributed by atoms with Crippen LogP contribution in [-0.2, 0) is 4.74 Å². The first-order valence-electron chi connectivity index (χ1n) is 7.81. The summed E-state index contributed by atoms with van der Waals surface area (Å²) in [5.41, 5.74) is 0.447. The highest BCUT2D eigenvalue weighted by atomic mass is 16.5. The van der Waals surface area contributed by atoms with Crippen LogP contribution < -0.4 is 5.32 Å². The number of methoxy groups -OCH3 is 1. The lowest BCUT2D eigenvalue weighted by atomic mass is 9.76. The van der Waals surface area contributed by atoms with Gasteiger partial charge in [-0.2, -0.15) is 0 Å². The number of rotatable bonds is 12. The van der Waals surface area contributed by atoms with E-state index in [2.05, 4.69) is 33.0 Å². The third kappa shape index (κ3) is 8.10. The number of hydrogen-bond donors (Lipinski definition) is 1. The zero-order valence-electron chi connectivity index (χ0n) is 13.3. The lowest BCUT2D eigenvalue weighted by Gasteiger charge is -2.32. The SMILES string of the molecule is CCCCC(CC)CC(C)(CC)CNCCOC. The van der Waals surface area contributed by atoms with Crippen molar-refractivity contribution < 1.29 is 4.74 Å². The Morgan fingerprint density at radius 2 is 1.94 bits per heavy atom. The van der Waals surface area contributed by atoms with Crippen LogP contribution in [0.4, 0.5) is 0 Å². The van der Waals surface area contributed by atoms with Crippen LogP contribution in [0.3, 0.4) is 0 Å². The molecule has 1 N–H and O–H groups in total. The zero-order chi connectivity index (χ0) is 13.9. The molecule has 0 aromatic rings. The highest BCUT2D eigenvalue weighted by molar-refractivity contribution is 4.78. The van der Waals surface area contributed by atoms with Crippen LogP contribution in [-0.4, -0.2) is 26.8 Å². The first kappa shape index (κ1) is 17.9. The van der Waals surface area contributed by atoms with E-state index in [-0.39, 0.29) is 0 Å². The largest absolute Gasteiger partial charge is 0.383 e. The molecule has 0 aromatic heterocycles. The van der Waals surface area contributed by atoms with Crippen molar-refractivity contribution in [2.45, 2.75) is 66.2 Å². The molecule has 0 rings (SSSR count). The lowest BCUT2D eigenvalue weighted by molar-refractivity contribution is 0.177. The average molecular weight is 257 g/mol. The van der Waals surface area contributed by atoms with Gasteiger partial charge < -0.3 is 10.1 Å². The second-order valence-electron chi connectivity index (χ2n) is 5.95. The molecule has 0 aliphatic carbocycles. The Kier molecular flexibility index (Phi) is 10.8. The third-order valence-corrected chi connectivity index (χ3v) is 4.21. The van der Waals surface area contributed by atoms with Gasteiger partial charge in [0.2, 0.25) is 0 Å². The summed E-state index contributed by atoms with van der Waals surface area (Å²) in [6.45, 7) is 12.3. The fraction of sp³-hybridized carbons (Fsp3) is 1.00. The summed E-state index contributed by atoms with van der Waals surface area (Å²) >= 11 is 0. The van der Waals surface area contributed by atoms with Crippen molar-refractivity contribution in [2.24, 2.45) is 11.3 Å². The van der Waals surface area contributed by atoms with Gasteiger partial charge in [0, 0.05) is 20.2 Å². The molecule has 2 heteroatoms. The highest BCUT2D eigenvalue weighted by Gasteiger charge is 2.25. The van der Waals surface area contributed by atoms with Gasteiger partial charge in [0.15, 0.2) is 0 Å². The highest BCUT2D eigenvalue weighted by Crippen LogP contribution is 2.32. The first-order valence-corrected chi connectivity index (χ1v) is 7.81. The molecular formula is C16H35NO. The summed E-state index contributed by atoms with van der Waals surface area (Å²) in [4.78, 5) is 0. The molecule has 2 unspecified atom stereocenters. The van der Waals surface area contributed by atoms with Gasteiger partial charge in [-0.25, -0.2) is 0 Å². The summed E-state index contributed by atoms with van der Waals surface area (Å²) in [6.07, 6.45) is 8.06. The van der Waals surface area contributed by atoms with E-state index < -0.39 is 0 Å². The third-order valence-electron chi connectivity index (χ3n) is 4.21. The molecular weight excluding hydrogens is 222 g/mol. The minimum absolute atomic E-state index is 0.447. The van der Waals surface area contributed by atoms with Gasteiger partial charge >= 0.3 is 0 Å². The Bertz CT molecular complexity index is 184. The number of unbranched alkanes of at least 4 members (excludes halogenated alkanes) is 1. The quantitative estimate of drug-likeness (QED) is 0.528. The number of ether oxygens (including phenoxy) is 1. The Morgan fingerprint density at radius 3 is 2.44 bits per heavy atom. The van der Waals surface area contributed by atoms with Crippen molar-refractivity contribution in [3.8, 4) is 0 Å². The van der Waals surface area contributed by atoms with Crippen LogP contribution in [0.25, 0.3) is 0 Å². The van der Waals surface area contributed by atoms with E-state index >= 15 is 0 Å². The molecule has 0 aromatic carbocycles. The Balaban J connectivity index is 4.08. The van der Waals surface area contributed by atoms with Crippen LogP contribution in [0.1, 0.15) is 66.2 Å². The van der Waals surface area contributed by atoms with Crippen molar-refractivity contribution in [1.82, 2.24) is 5.32 Å². The maximum Gasteiger partial charge on any atom is 0.0587 e. The van der Waals surface area contributed by atoms with Crippen LogP contribution in [0, 0.1) is 11.3 Å². The maximum atomic E-state index is 5.08.